The predicted octanol–water partition coefficient (Wildman–Crippen LogP) is 4.35. The minimum atomic E-state index is -0.570. The van der Waals surface area contributed by atoms with Crippen molar-refractivity contribution >= 4 is 22.9 Å². The van der Waals surface area contributed by atoms with Crippen molar-refractivity contribution in [1.82, 2.24) is 20.3 Å². The second kappa shape index (κ2) is 10.1. The van der Waals surface area contributed by atoms with Crippen LogP contribution in [0.25, 0.3) is 11.2 Å². The van der Waals surface area contributed by atoms with Crippen LogP contribution in [0.3, 0.4) is 0 Å². The highest BCUT2D eigenvalue weighted by Gasteiger charge is 2.25. The summed E-state index contributed by atoms with van der Waals surface area (Å²) in [6.45, 7) is 19.9. The van der Waals surface area contributed by atoms with Gasteiger partial charge in [0.05, 0.1) is 11.4 Å². The van der Waals surface area contributed by atoms with Crippen molar-refractivity contribution in [2.45, 2.75) is 79.4 Å². The number of hydrogen-bond acceptors (Lipinski definition) is 6. The number of pyridine rings is 1. The summed E-state index contributed by atoms with van der Waals surface area (Å²) in [5, 5.41) is 2.78. The Morgan fingerprint density at radius 3 is 2.41 bits per heavy atom. The number of amides is 1. The summed E-state index contributed by atoms with van der Waals surface area (Å²) in [6.07, 6.45) is 2.06. The Hall–Kier alpha value is -2.90. The number of aromatic nitrogens is 3. The number of allylic oxidation sites excluding steroid dienone is 1. The van der Waals surface area contributed by atoms with E-state index in [-0.39, 0.29) is 17.4 Å². The average molecular weight is 444 g/mol. The minimum absolute atomic E-state index is 0.0168. The van der Waals surface area contributed by atoms with Gasteiger partial charge in [-0.2, -0.15) is 0 Å². The maximum atomic E-state index is 13.7. The van der Waals surface area contributed by atoms with Gasteiger partial charge in [0.25, 0.3) is 0 Å². The maximum Gasteiger partial charge on any atom is 0.407 e. The van der Waals surface area contributed by atoms with E-state index >= 15 is 0 Å². The Bertz CT molecular complexity index is 1040. The molecule has 0 saturated heterocycles. The van der Waals surface area contributed by atoms with Crippen molar-refractivity contribution in [3.63, 3.8) is 0 Å². The average Bonchev–Trinajstić information content (AvgIpc) is 2.66. The van der Waals surface area contributed by atoms with Crippen LogP contribution in [0.15, 0.2) is 17.4 Å². The standard InChI is InChI=1S/C24H37N5O3/c1-10-11-15(4)18-20(21(30)19-22(28-18)27-17(6)16(5)26-19)29(14(2)3)13-12-25-23(31)32-24(7,8)9/h10,14-15H,1,11-13H2,2-9H3,(H,25,31)(H,27,28,30). The number of hydrogen-bond donors (Lipinski definition) is 2. The van der Waals surface area contributed by atoms with E-state index in [9.17, 15) is 9.59 Å². The van der Waals surface area contributed by atoms with E-state index in [1.807, 2.05) is 66.4 Å². The molecule has 0 spiro atoms. The third-order valence-electron chi connectivity index (χ3n) is 5.19. The molecule has 8 heteroatoms. The molecule has 0 radical (unpaired) electrons. The molecule has 1 amide bonds. The SMILES string of the molecule is C=CCC(C)c1[nH]c2nc(C)c(C)nc2c(=O)c1N(CCNC(=O)OC(C)(C)C)C(C)C. The molecular formula is C24H37N5O3. The number of aryl methyl sites for hydroxylation is 2. The van der Waals surface area contributed by atoms with Gasteiger partial charge < -0.3 is 19.9 Å². The molecule has 1 atom stereocenters. The van der Waals surface area contributed by atoms with Crippen LogP contribution in [0, 0.1) is 13.8 Å². The van der Waals surface area contributed by atoms with Crippen molar-refractivity contribution in [1.29, 1.82) is 0 Å². The zero-order valence-electron chi connectivity index (χ0n) is 20.6. The Balaban J connectivity index is 2.50. The molecule has 2 N–H and O–H groups in total. The summed E-state index contributed by atoms with van der Waals surface area (Å²) in [5.74, 6) is 0.0306. The molecule has 0 bridgehead atoms. The lowest BCUT2D eigenvalue weighted by Crippen LogP contribution is -2.43. The summed E-state index contributed by atoms with van der Waals surface area (Å²) in [7, 11) is 0. The molecule has 0 aromatic carbocycles. The molecule has 176 valence electrons. The number of fused-ring (bicyclic) bond motifs is 1. The van der Waals surface area contributed by atoms with Gasteiger partial charge in [0.2, 0.25) is 5.43 Å². The van der Waals surface area contributed by atoms with Crippen molar-refractivity contribution < 1.29 is 9.53 Å². The number of ether oxygens (including phenoxy) is 1. The van der Waals surface area contributed by atoms with E-state index in [2.05, 4.69) is 26.8 Å². The van der Waals surface area contributed by atoms with Crippen LogP contribution in [0.5, 0.6) is 0 Å². The topological polar surface area (TPSA) is 100 Å². The highest BCUT2D eigenvalue weighted by Crippen LogP contribution is 2.28. The van der Waals surface area contributed by atoms with Gasteiger partial charge in [-0.1, -0.05) is 13.0 Å². The van der Waals surface area contributed by atoms with Crippen LogP contribution in [0.2, 0.25) is 0 Å². The number of carbonyl (C=O) groups excluding carboxylic acids is 1. The Morgan fingerprint density at radius 1 is 1.22 bits per heavy atom. The van der Waals surface area contributed by atoms with Crippen LogP contribution in [0.4, 0.5) is 10.5 Å². The number of H-pyrrole nitrogens is 1. The number of nitrogens with zero attached hydrogens (tertiary/aromatic N) is 3. The molecule has 0 aliphatic carbocycles. The van der Waals surface area contributed by atoms with Crippen LogP contribution in [-0.4, -0.2) is 45.8 Å². The fourth-order valence-electron chi connectivity index (χ4n) is 3.50. The van der Waals surface area contributed by atoms with E-state index in [0.29, 0.717) is 36.4 Å². The maximum absolute atomic E-state index is 13.7. The third-order valence-corrected chi connectivity index (χ3v) is 5.19. The summed E-state index contributed by atoms with van der Waals surface area (Å²) in [4.78, 5) is 40.2. The summed E-state index contributed by atoms with van der Waals surface area (Å²) in [6, 6.07) is 0.0168. The summed E-state index contributed by atoms with van der Waals surface area (Å²) in [5.41, 5.74) is 2.95. The lowest BCUT2D eigenvalue weighted by molar-refractivity contribution is 0.0529. The third kappa shape index (κ3) is 6.08. The van der Waals surface area contributed by atoms with Crippen LogP contribution in [0.1, 0.15) is 71.0 Å². The van der Waals surface area contributed by atoms with E-state index < -0.39 is 11.7 Å². The van der Waals surface area contributed by atoms with Crippen LogP contribution in [-0.2, 0) is 4.74 Å². The second-order valence-corrected chi connectivity index (χ2v) is 9.45. The molecule has 0 fully saturated rings. The Labute approximate surface area is 190 Å². The zero-order valence-corrected chi connectivity index (χ0v) is 20.6. The number of rotatable bonds is 8. The summed E-state index contributed by atoms with van der Waals surface area (Å²) < 4.78 is 5.32. The molecule has 8 nitrogen and oxygen atoms in total. The van der Waals surface area contributed by atoms with Gasteiger partial charge in [0, 0.05) is 30.7 Å². The highest BCUT2D eigenvalue weighted by molar-refractivity contribution is 5.77. The van der Waals surface area contributed by atoms with Gasteiger partial charge in [0.1, 0.15) is 11.3 Å². The first-order valence-corrected chi connectivity index (χ1v) is 11.1. The van der Waals surface area contributed by atoms with Gasteiger partial charge >= 0.3 is 6.09 Å². The van der Waals surface area contributed by atoms with Gasteiger partial charge in [-0.3, -0.25) is 4.79 Å². The predicted molar refractivity (Wildman–Crippen MR) is 130 cm³/mol. The lowest BCUT2D eigenvalue weighted by Gasteiger charge is -2.31. The quantitative estimate of drug-likeness (QED) is 0.588. The van der Waals surface area contributed by atoms with Crippen molar-refractivity contribution in [2.24, 2.45) is 0 Å². The molecule has 32 heavy (non-hydrogen) atoms. The van der Waals surface area contributed by atoms with E-state index in [0.717, 1.165) is 17.1 Å². The normalized spacial score (nSPS) is 12.7. The fraction of sp³-hybridized carbons (Fsp3) is 0.583. The van der Waals surface area contributed by atoms with Crippen LogP contribution < -0.4 is 15.6 Å². The summed E-state index contributed by atoms with van der Waals surface area (Å²) >= 11 is 0. The van der Waals surface area contributed by atoms with Crippen molar-refractivity contribution in [3.8, 4) is 0 Å². The second-order valence-electron chi connectivity index (χ2n) is 9.45. The zero-order chi connectivity index (χ0) is 24.2. The first-order chi connectivity index (χ1) is 14.9. The van der Waals surface area contributed by atoms with Crippen molar-refractivity contribution in [3.05, 3.63) is 40.0 Å². The molecule has 1 unspecified atom stereocenters. The fourth-order valence-corrected chi connectivity index (χ4v) is 3.50. The smallest absolute Gasteiger partial charge is 0.407 e. The Kier molecular flexibility index (Phi) is 8.04. The molecule has 2 rings (SSSR count). The number of anilines is 1. The lowest BCUT2D eigenvalue weighted by atomic mass is 9.99. The molecule has 0 aliphatic rings. The highest BCUT2D eigenvalue weighted by atomic mass is 16.6. The number of alkyl carbamates (subject to hydrolysis) is 1. The largest absolute Gasteiger partial charge is 0.444 e. The number of aromatic amines is 1. The van der Waals surface area contributed by atoms with Gasteiger partial charge in [-0.05, 0) is 54.9 Å². The van der Waals surface area contributed by atoms with E-state index in [1.165, 1.54) is 0 Å². The van der Waals surface area contributed by atoms with Crippen LogP contribution >= 0.6 is 0 Å². The Morgan fingerprint density at radius 2 is 1.84 bits per heavy atom. The van der Waals surface area contributed by atoms with Gasteiger partial charge in [-0.15, -0.1) is 6.58 Å². The monoisotopic (exact) mass is 443 g/mol. The van der Waals surface area contributed by atoms with Gasteiger partial charge in [-0.25, -0.2) is 14.8 Å². The number of nitrogens with one attached hydrogen (secondary N) is 2. The van der Waals surface area contributed by atoms with E-state index in [4.69, 9.17) is 4.74 Å². The van der Waals surface area contributed by atoms with Gasteiger partial charge in [0.15, 0.2) is 11.2 Å². The molecular weight excluding hydrogens is 406 g/mol. The molecule has 2 heterocycles. The van der Waals surface area contributed by atoms with Crippen molar-refractivity contribution in [2.75, 3.05) is 18.0 Å². The first kappa shape index (κ1) is 25.4. The first-order valence-electron chi connectivity index (χ1n) is 11.1. The van der Waals surface area contributed by atoms with E-state index in [1.54, 1.807) is 0 Å². The number of carbonyl (C=O) groups is 1. The molecule has 2 aromatic rings. The molecule has 2 aromatic heterocycles. The minimum Gasteiger partial charge on any atom is -0.444 e. The molecule has 0 saturated carbocycles. The molecule has 0 aliphatic heterocycles.